The highest BCUT2D eigenvalue weighted by Gasteiger charge is 2.32. The Balaban J connectivity index is 1.41. The largest absolute Gasteiger partial charge is 0.456 e. The van der Waals surface area contributed by atoms with Gasteiger partial charge in [0.05, 0.1) is 0 Å². The Morgan fingerprint density at radius 1 is 0.410 bits per heavy atom. The van der Waals surface area contributed by atoms with Gasteiger partial charge in [0.1, 0.15) is 11.2 Å². The summed E-state index contributed by atoms with van der Waals surface area (Å²) in [5.41, 5.74) is 9.62. The Morgan fingerprint density at radius 3 is 1.77 bits per heavy atom. The lowest BCUT2D eigenvalue weighted by atomic mass is 9.70. The Labute approximate surface area is 227 Å². The molecule has 1 aromatic heterocycles. The van der Waals surface area contributed by atoms with Crippen molar-refractivity contribution in [3.8, 4) is 11.1 Å². The van der Waals surface area contributed by atoms with Crippen molar-refractivity contribution in [2.45, 2.75) is 0 Å². The smallest absolute Gasteiger partial charge is 0.136 e. The number of para-hydroxylation sites is 1. The van der Waals surface area contributed by atoms with Crippen molar-refractivity contribution in [3.63, 3.8) is 0 Å². The monoisotopic (exact) mass is 498 g/mol. The average molecular weight is 499 g/mol. The second-order valence-electron chi connectivity index (χ2n) is 10.5. The minimum Gasteiger partial charge on any atom is -0.456 e. The molecule has 0 spiro atoms. The number of furan rings is 1. The predicted molar refractivity (Wildman–Crippen MR) is 162 cm³/mol. The highest BCUT2D eigenvalue weighted by atomic mass is 16.3. The van der Waals surface area contributed by atoms with Gasteiger partial charge in [-0.2, -0.15) is 0 Å². The first kappa shape index (κ1) is 22.1. The molecule has 1 heterocycles. The summed E-state index contributed by atoms with van der Waals surface area (Å²) in [6, 6.07) is 43.7. The summed E-state index contributed by atoms with van der Waals surface area (Å²) in [5.74, 6) is 0.486. The number of allylic oxidation sites excluding steroid dienone is 4. The highest BCUT2D eigenvalue weighted by Crippen LogP contribution is 2.41. The topological polar surface area (TPSA) is 13.1 Å². The van der Waals surface area contributed by atoms with Gasteiger partial charge in [0, 0.05) is 22.6 Å². The van der Waals surface area contributed by atoms with E-state index in [9.17, 15) is 0 Å². The molecular weight excluding hydrogens is 472 g/mol. The standard InChI is InChI=1S/C38H26O/c1-2-11-25(12-3-1)26-13-10-14-27(23-26)37-31-16-4-6-18-33(31)38(34-19-7-5-17-32(34)37)28-21-22-30-29-15-8-9-20-35(29)39-36(30)24-28/h1-24,31,33H. The second kappa shape index (κ2) is 8.85. The zero-order chi connectivity index (χ0) is 25.8. The van der Waals surface area contributed by atoms with Crippen LogP contribution < -0.4 is 10.4 Å². The van der Waals surface area contributed by atoms with Gasteiger partial charge in [0.25, 0.3) is 0 Å². The number of hydrogen-bond acceptors (Lipinski definition) is 1. The molecule has 0 N–H and O–H groups in total. The quantitative estimate of drug-likeness (QED) is 0.241. The maximum absolute atomic E-state index is 6.30. The van der Waals surface area contributed by atoms with Gasteiger partial charge < -0.3 is 4.42 Å². The van der Waals surface area contributed by atoms with Crippen molar-refractivity contribution >= 4 is 33.1 Å². The van der Waals surface area contributed by atoms with Crippen LogP contribution in [0.1, 0.15) is 11.1 Å². The van der Waals surface area contributed by atoms with Crippen LogP contribution in [0.15, 0.2) is 150 Å². The molecule has 184 valence electrons. The van der Waals surface area contributed by atoms with E-state index >= 15 is 0 Å². The van der Waals surface area contributed by atoms with Crippen LogP contribution in [0.3, 0.4) is 0 Å². The summed E-state index contributed by atoms with van der Waals surface area (Å²) >= 11 is 0. The van der Waals surface area contributed by atoms with E-state index in [-0.39, 0.29) is 11.8 Å². The second-order valence-corrected chi connectivity index (χ2v) is 10.5. The van der Waals surface area contributed by atoms with E-state index in [0.717, 1.165) is 11.2 Å². The van der Waals surface area contributed by atoms with Gasteiger partial charge >= 0.3 is 0 Å². The van der Waals surface area contributed by atoms with Crippen LogP contribution in [0.4, 0.5) is 0 Å². The van der Waals surface area contributed by atoms with E-state index < -0.39 is 0 Å². The molecule has 0 saturated heterocycles. The molecule has 2 aliphatic carbocycles. The van der Waals surface area contributed by atoms with Gasteiger partial charge in [-0.25, -0.2) is 0 Å². The summed E-state index contributed by atoms with van der Waals surface area (Å²) in [4.78, 5) is 0. The average Bonchev–Trinajstić information content (AvgIpc) is 3.38. The first-order valence-electron chi connectivity index (χ1n) is 13.6. The van der Waals surface area contributed by atoms with Crippen molar-refractivity contribution in [2.75, 3.05) is 0 Å². The van der Waals surface area contributed by atoms with Crippen molar-refractivity contribution in [3.05, 3.63) is 167 Å². The lowest BCUT2D eigenvalue weighted by Gasteiger charge is -2.33. The highest BCUT2D eigenvalue weighted by molar-refractivity contribution is 6.05. The molecule has 0 radical (unpaired) electrons. The molecule has 0 bridgehead atoms. The summed E-state index contributed by atoms with van der Waals surface area (Å²) in [7, 11) is 0. The van der Waals surface area contributed by atoms with E-state index in [2.05, 4.69) is 133 Å². The van der Waals surface area contributed by atoms with E-state index in [1.807, 2.05) is 12.1 Å². The zero-order valence-electron chi connectivity index (χ0n) is 21.4. The molecule has 5 aromatic carbocycles. The Kier molecular flexibility index (Phi) is 5.03. The molecule has 1 nitrogen and oxygen atoms in total. The first-order valence-corrected chi connectivity index (χ1v) is 13.6. The van der Waals surface area contributed by atoms with Crippen LogP contribution in [0, 0.1) is 11.8 Å². The Bertz CT molecular complexity index is 2070. The lowest BCUT2D eigenvalue weighted by Crippen LogP contribution is -2.40. The van der Waals surface area contributed by atoms with E-state index in [0.29, 0.717) is 0 Å². The molecule has 0 fully saturated rings. The molecule has 1 heteroatoms. The van der Waals surface area contributed by atoms with Gasteiger partial charge in [-0.05, 0) is 68.1 Å². The molecular formula is C38H26O. The van der Waals surface area contributed by atoms with Gasteiger partial charge in [-0.3, -0.25) is 0 Å². The van der Waals surface area contributed by atoms with Crippen molar-refractivity contribution in [1.29, 1.82) is 0 Å². The first-order chi connectivity index (χ1) is 19.3. The minimum absolute atomic E-state index is 0.238. The Hall–Kier alpha value is -4.88. The van der Waals surface area contributed by atoms with Crippen LogP contribution in [-0.2, 0) is 0 Å². The fraction of sp³-hybridized carbons (Fsp3) is 0.0526. The van der Waals surface area contributed by atoms with E-state index in [4.69, 9.17) is 4.42 Å². The molecule has 6 aromatic rings. The molecule has 2 aliphatic rings. The molecule has 39 heavy (non-hydrogen) atoms. The van der Waals surface area contributed by atoms with Gasteiger partial charge in [0.2, 0.25) is 0 Å². The fourth-order valence-corrected chi connectivity index (χ4v) is 6.56. The maximum Gasteiger partial charge on any atom is 0.136 e. The van der Waals surface area contributed by atoms with Crippen LogP contribution in [0.5, 0.6) is 0 Å². The van der Waals surface area contributed by atoms with E-state index in [1.165, 1.54) is 54.6 Å². The predicted octanol–water partition coefficient (Wildman–Crippen LogP) is 8.02. The van der Waals surface area contributed by atoms with Crippen molar-refractivity contribution in [2.24, 2.45) is 11.8 Å². The number of benzene rings is 5. The zero-order valence-corrected chi connectivity index (χ0v) is 21.4. The number of hydrogen-bond donors (Lipinski definition) is 0. The molecule has 0 aliphatic heterocycles. The Morgan fingerprint density at radius 2 is 1.00 bits per heavy atom. The maximum atomic E-state index is 6.30. The van der Waals surface area contributed by atoms with Crippen LogP contribution in [0.2, 0.25) is 0 Å². The normalized spacial score (nSPS) is 17.9. The third-order valence-corrected chi connectivity index (χ3v) is 8.28. The molecule has 2 unspecified atom stereocenters. The summed E-state index contributed by atoms with van der Waals surface area (Å²) in [6.07, 6.45) is 9.16. The minimum atomic E-state index is 0.238. The number of rotatable bonds is 3. The van der Waals surface area contributed by atoms with Gasteiger partial charge in [-0.15, -0.1) is 0 Å². The molecule has 0 saturated carbocycles. The summed E-state index contributed by atoms with van der Waals surface area (Å²) < 4.78 is 6.30. The van der Waals surface area contributed by atoms with Crippen molar-refractivity contribution in [1.82, 2.24) is 0 Å². The summed E-state index contributed by atoms with van der Waals surface area (Å²) in [5, 5.41) is 4.94. The molecule has 2 atom stereocenters. The number of fused-ring (bicyclic) bond motifs is 5. The van der Waals surface area contributed by atoms with Gasteiger partial charge in [0.15, 0.2) is 0 Å². The van der Waals surface area contributed by atoms with E-state index in [1.54, 1.807) is 0 Å². The fourth-order valence-electron chi connectivity index (χ4n) is 6.56. The molecule has 8 rings (SSSR count). The van der Waals surface area contributed by atoms with Crippen LogP contribution in [-0.4, -0.2) is 0 Å². The van der Waals surface area contributed by atoms with Crippen LogP contribution >= 0.6 is 0 Å². The van der Waals surface area contributed by atoms with Crippen LogP contribution in [0.25, 0.3) is 44.2 Å². The van der Waals surface area contributed by atoms with Crippen molar-refractivity contribution < 1.29 is 4.42 Å². The lowest BCUT2D eigenvalue weighted by molar-refractivity contribution is 0.667. The molecule has 0 amide bonds. The summed E-state index contributed by atoms with van der Waals surface area (Å²) in [6.45, 7) is 0. The SMILES string of the molecule is C1=CC2C(c3cccc(-c4ccccc4)c3)=c3ccccc3=C(c3ccc4c(c3)oc3ccccc34)C2C=C1. The third-order valence-electron chi connectivity index (χ3n) is 8.28. The third kappa shape index (κ3) is 3.55. The van der Waals surface area contributed by atoms with Gasteiger partial charge in [-0.1, -0.05) is 121 Å².